The summed E-state index contributed by atoms with van der Waals surface area (Å²) >= 11 is 1.47. The summed E-state index contributed by atoms with van der Waals surface area (Å²) in [6.45, 7) is 6.59. The van der Waals surface area contributed by atoms with E-state index in [0.29, 0.717) is 22.6 Å². The van der Waals surface area contributed by atoms with Crippen LogP contribution in [0.5, 0.6) is 0 Å². The summed E-state index contributed by atoms with van der Waals surface area (Å²) < 4.78 is 11.9. The van der Waals surface area contributed by atoms with Crippen LogP contribution < -0.4 is 10.5 Å². The van der Waals surface area contributed by atoms with Gasteiger partial charge in [-0.2, -0.15) is 0 Å². The van der Waals surface area contributed by atoms with Crippen molar-refractivity contribution in [3.8, 4) is 0 Å². The highest BCUT2D eigenvalue weighted by Gasteiger charge is 2.25. The standard InChI is InChI=1S/C25H25N3O4S/c1-17-7-8-20-22(15-17)33-25(26-20)28(10-4-9-27-11-13-31-14-12-27)23(29)19-16-18-5-2-3-6-21(18)32-24(19)30/h2-3,5-8,15-16H,4,9-14H2,1H3. The van der Waals surface area contributed by atoms with Gasteiger partial charge in [0.25, 0.3) is 5.91 Å². The zero-order valence-electron chi connectivity index (χ0n) is 18.5. The Morgan fingerprint density at radius 2 is 1.97 bits per heavy atom. The van der Waals surface area contributed by atoms with Gasteiger partial charge in [-0.25, -0.2) is 9.78 Å². The molecule has 0 bridgehead atoms. The number of thiazole rings is 1. The van der Waals surface area contributed by atoms with E-state index in [0.717, 1.165) is 55.0 Å². The van der Waals surface area contributed by atoms with Crippen LogP contribution in [0.4, 0.5) is 5.13 Å². The molecule has 0 unspecified atom stereocenters. The molecule has 4 aromatic rings. The van der Waals surface area contributed by atoms with Crippen molar-refractivity contribution < 1.29 is 13.9 Å². The highest BCUT2D eigenvalue weighted by molar-refractivity contribution is 7.22. The average molecular weight is 464 g/mol. The molecule has 170 valence electrons. The highest BCUT2D eigenvalue weighted by Crippen LogP contribution is 2.30. The number of anilines is 1. The predicted molar refractivity (Wildman–Crippen MR) is 130 cm³/mol. The lowest BCUT2D eigenvalue weighted by atomic mass is 10.1. The zero-order valence-corrected chi connectivity index (χ0v) is 19.3. The van der Waals surface area contributed by atoms with Crippen molar-refractivity contribution in [2.45, 2.75) is 13.3 Å². The largest absolute Gasteiger partial charge is 0.422 e. The Kier molecular flexibility index (Phi) is 6.22. The third-order valence-electron chi connectivity index (χ3n) is 5.84. The van der Waals surface area contributed by atoms with Crippen molar-refractivity contribution in [1.82, 2.24) is 9.88 Å². The first kappa shape index (κ1) is 21.8. The quantitative estimate of drug-likeness (QED) is 0.401. The minimum Gasteiger partial charge on any atom is -0.422 e. The van der Waals surface area contributed by atoms with Crippen LogP contribution in [-0.4, -0.2) is 55.2 Å². The third-order valence-corrected chi connectivity index (χ3v) is 6.88. The number of nitrogens with zero attached hydrogens (tertiary/aromatic N) is 3. The number of amides is 1. The van der Waals surface area contributed by atoms with Gasteiger partial charge in [-0.15, -0.1) is 0 Å². The van der Waals surface area contributed by atoms with Gasteiger partial charge in [0.2, 0.25) is 0 Å². The second-order valence-corrected chi connectivity index (χ2v) is 9.23. The number of aromatic nitrogens is 1. The Bertz CT molecular complexity index is 1360. The molecular formula is C25H25N3O4S. The fourth-order valence-corrected chi connectivity index (χ4v) is 5.14. The number of benzene rings is 2. The number of hydrogen-bond donors (Lipinski definition) is 0. The molecule has 0 atom stereocenters. The summed E-state index contributed by atoms with van der Waals surface area (Å²) in [5, 5.41) is 1.31. The summed E-state index contributed by atoms with van der Waals surface area (Å²) in [4.78, 5) is 35.0. The van der Waals surface area contributed by atoms with E-state index in [-0.39, 0.29) is 11.5 Å². The Balaban J connectivity index is 1.47. The number of aryl methyl sites for hydroxylation is 1. The van der Waals surface area contributed by atoms with Gasteiger partial charge in [0.15, 0.2) is 5.13 Å². The average Bonchev–Trinajstić information content (AvgIpc) is 3.24. The number of carbonyl (C=O) groups is 1. The Morgan fingerprint density at radius 1 is 1.15 bits per heavy atom. The lowest BCUT2D eigenvalue weighted by Crippen LogP contribution is -2.40. The Hall–Kier alpha value is -3.07. The molecule has 1 amide bonds. The Labute approximate surface area is 195 Å². The normalized spacial score (nSPS) is 14.7. The first-order chi connectivity index (χ1) is 16.1. The molecule has 3 heterocycles. The number of para-hydroxylation sites is 1. The van der Waals surface area contributed by atoms with Crippen LogP contribution in [0.15, 0.2) is 57.7 Å². The van der Waals surface area contributed by atoms with Crippen molar-refractivity contribution in [3.05, 3.63) is 70.1 Å². The van der Waals surface area contributed by atoms with E-state index in [4.69, 9.17) is 14.1 Å². The van der Waals surface area contributed by atoms with E-state index >= 15 is 0 Å². The first-order valence-corrected chi connectivity index (χ1v) is 11.9. The maximum atomic E-state index is 13.6. The number of morpholine rings is 1. The van der Waals surface area contributed by atoms with E-state index in [1.54, 1.807) is 23.1 Å². The fraction of sp³-hybridized carbons (Fsp3) is 0.320. The predicted octanol–water partition coefficient (Wildman–Crippen LogP) is 4.08. The van der Waals surface area contributed by atoms with Crippen molar-refractivity contribution >= 4 is 43.6 Å². The zero-order chi connectivity index (χ0) is 22.8. The van der Waals surface area contributed by atoms with Crippen LogP contribution in [0.1, 0.15) is 22.3 Å². The van der Waals surface area contributed by atoms with Gasteiger partial charge in [-0.3, -0.25) is 14.6 Å². The number of rotatable bonds is 6. The van der Waals surface area contributed by atoms with Gasteiger partial charge in [0.05, 0.1) is 23.4 Å². The Morgan fingerprint density at radius 3 is 2.82 bits per heavy atom. The lowest BCUT2D eigenvalue weighted by Gasteiger charge is -2.27. The van der Waals surface area contributed by atoms with Crippen molar-refractivity contribution in [2.75, 3.05) is 44.3 Å². The number of hydrogen-bond acceptors (Lipinski definition) is 7. The monoisotopic (exact) mass is 463 g/mol. The summed E-state index contributed by atoms with van der Waals surface area (Å²) in [5.41, 5.74) is 1.84. The van der Waals surface area contributed by atoms with Gasteiger partial charge in [0.1, 0.15) is 11.1 Å². The van der Waals surface area contributed by atoms with E-state index in [1.807, 2.05) is 31.2 Å². The molecule has 0 spiro atoms. The molecule has 7 nitrogen and oxygen atoms in total. The number of fused-ring (bicyclic) bond motifs is 2. The van der Waals surface area contributed by atoms with Gasteiger partial charge < -0.3 is 9.15 Å². The maximum absolute atomic E-state index is 13.6. The minimum absolute atomic E-state index is 0.0236. The number of carbonyl (C=O) groups excluding carboxylic acids is 1. The summed E-state index contributed by atoms with van der Waals surface area (Å²) in [7, 11) is 0. The highest BCUT2D eigenvalue weighted by atomic mass is 32.1. The summed E-state index contributed by atoms with van der Waals surface area (Å²) in [6, 6.07) is 14.9. The van der Waals surface area contributed by atoms with Crippen LogP contribution in [-0.2, 0) is 4.74 Å². The molecule has 33 heavy (non-hydrogen) atoms. The fourth-order valence-electron chi connectivity index (χ4n) is 4.05. The van der Waals surface area contributed by atoms with Crippen molar-refractivity contribution in [3.63, 3.8) is 0 Å². The van der Waals surface area contributed by atoms with Gasteiger partial charge in [-0.1, -0.05) is 35.6 Å². The molecule has 0 radical (unpaired) electrons. The van der Waals surface area contributed by atoms with Crippen LogP contribution in [0, 0.1) is 6.92 Å². The molecule has 5 rings (SSSR count). The smallest absolute Gasteiger partial charge is 0.349 e. The molecule has 1 saturated heterocycles. The van der Waals surface area contributed by atoms with Crippen LogP contribution in [0.25, 0.3) is 21.2 Å². The molecular weight excluding hydrogens is 438 g/mol. The van der Waals surface area contributed by atoms with Crippen molar-refractivity contribution in [1.29, 1.82) is 0 Å². The maximum Gasteiger partial charge on any atom is 0.349 e. The molecule has 1 aliphatic heterocycles. The molecule has 0 saturated carbocycles. The molecule has 0 aliphatic carbocycles. The van der Waals surface area contributed by atoms with Gasteiger partial charge in [0, 0.05) is 31.6 Å². The number of ether oxygens (including phenoxy) is 1. The summed E-state index contributed by atoms with van der Waals surface area (Å²) in [5.74, 6) is -0.382. The molecule has 1 fully saturated rings. The molecule has 0 N–H and O–H groups in total. The van der Waals surface area contributed by atoms with Crippen molar-refractivity contribution in [2.24, 2.45) is 0 Å². The minimum atomic E-state index is -0.631. The first-order valence-electron chi connectivity index (χ1n) is 11.1. The van der Waals surface area contributed by atoms with Gasteiger partial charge >= 0.3 is 5.63 Å². The lowest BCUT2D eigenvalue weighted by molar-refractivity contribution is 0.0376. The SMILES string of the molecule is Cc1ccc2nc(N(CCCN3CCOCC3)C(=O)c3cc4ccccc4oc3=O)sc2c1. The van der Waals surface area contributed by atoms with E-state index < -0.39 is 5.63 Å². The second-order valence-electron chi connectivity index (χ2n) is 8.22. The molecule has 8 heteroatoms. The molecule has 2 aromatic carbocycles. The van der Waals surface area contributed by atoms with Crippen LogP contribution in [0.2, 0.25) is 0 Å². The van der Waals surface area contributed by atoms with E-state index in [2.05, 4.69) is 11.0 Å². The van der Waals surface area contributed by atoms with Crippen LogP contribution >= 0.6 is 11.3 Å². The summed E-state index contributed by atoms with van der Waals surface area (Å²) in [6.07, 6.45) is 0.763. The second kappa shape index (κ2) is 9.43. The third kappa shape index (κ3) is 4.68. The van der Waals surface area contributed by atoms with E-state index in [1.165, 1.54) is 11.3 Å². The molecule has 2 aromatic heterocycles. The van der Waals surface area contributed by atoms with E-state index in [9.17, 15) is 9.59 Å². The van der Waals surface area contributed by atoms with Gasteiger partial charge in [-0.05, 0) is 43.2 Å². The molecule has 1 aliphatic rings. The topological polar surface area (TPSA) is 75.9 Å². The van der Waals surface area contributed by atoms with Crippen LogP contribution in [0.3, 0.4) is 0 Å².